The Morgan fingerprint density at radius 2 is 1.72 bits per heavy atom. The minimum Gasteiger partial charge on any atom is -0.465 e. The molecule has 1 heterocycles. The first kappa shape index (κ1) is 17.5. The molecule has 0 saturated heterocycles. The average molecular weight is 352 g/mol. The molecule has 4 heteroatoms. The lowest BCUT2D eigenvalue weighted by Gasteiger charge is -2.22. The first-order chi connectivity index (χ1) is 11.8. The highest BCUT2D eigenvalue weighted by Crippen LogP contribution is 2.28. The van der Waals surface area contributed by atoms with Gasteiger partial charge in [-0.1, -0.05) is 55.6 Å². The van der Waals surface area contributed by atoms with Crippen molar-refractivity contribution in [3.05, 3.63) is 58.8 Å². The van der Waals surface area contributed by atoms with Crippen molar-refractivity contribution in [3.63, 3.8) is 0 Å². The van der Waals surface area contributed by atoms with Crippen molar-refractivity contribution >= 4 is 31.5 Å². The lowest BCUT2D eigenvalue weighted by molar-refractivity contribution is 0.0602. The Bertz CT molecular complexity index is 865. The third-order valence-electron chi connectivity index (χ3n) is 4.47. The topological polar surface area (TPSA) is 31.2 Å². The van der Waals surface area contributed by atoms with E-state index in [1.54, 1.807) is 0 Å². The molecule has 1 aromatic heterocycles. The fraction of sp³-hybridized carbons (Fsp3) is 0.286. The van der Waals surface area contributed by atoms with Gasteiger partial charge in [0.2, 0.25) is 0 Å². The van der Waals surface area contributed by atoms with Gasteiger partial charge in [-0.15, -0.1) is 0 Å². The summed E-state index contributed by atoms with van der Waals surface area (Å²) in [5.74, 6) is -0.250. The van der Waals surface area contributed by atoms with Crippen LogP contribution in [0.5, 0.6) is 0 Å². The highest BCUT2D eigenvalue weighted by atomic mass is 28.3. The lowest BCUT2D eigenvalue weighted by atomic mass is 10.1. The number of nitrogens with zero attached hydrogens (tertiary/aromatic N) is 1. The van der Waals surface area contributed by atoms with Crippen molar-refractivity contribution in [1.82, 2.24) is 4.57 Å². The lowest BCUT2D eigenvalue weighted by Crippen LogP contribution is -2.45. The van der Waals surface area contributed by atoms with Crippen LogP contribution in [0.15, 0.2) is 36.4 Å². The van der Waals surface area contributed by atoms with E-state index in [4.69, 9.17) is 4.74 Å². The van der Waals surface area contributed by atoms with Crippen LogP contribution in [0.2, 0.25) is 19.6 Å². The van der Waals surface area contributed by atoms with Gasteiger partial charge in [-0.3, -0.25) is 0 Å². The van der Waals surface area contributed by atoms with Gasteiger partial charge >= 0.3 is 5.97 Å². The molecule has 0 N–H and O–H groups in total. The molecular formula is C21H25NO2Si. The third-order valence-corrected chi connectivity index (χ3v) is 6.37. The number of fused-ring (bicyclic) bond motifs is 1. The van der Waals surface area contributed by atoms with Crippen LogP contribution in [0.4, 0.5) is 0 Å². The highest BCUT2D eigenvalue weighted by molar-refractivity contribution is 6.89. The zero-order valence-electron chi connectivity index (χ0n) is 15.6. The molecule has 1 aliphatic rings. The minimum absolute atomic E-state index is 0.250. The minimum atomic E-state index is -1.84. The van der Waals surface area contributed by atoms with Crippen LogP contribution in [-0.2, 0) is 4.74 Å². The van der Waals surface area contributed by atoms with Crippen LogP contribution in [0.25, 0.3) is 17.8 Å². The predicted octanol–water partition coefficient (Wildman–Crippen LogP) is 4.55. The zero-order chi connectivity index (χ0) is 18.2. The Labute approximate surface area is 150 Å². The molecule has 3 nitrogen and oxygen atoms in total. The smallest absolute Gasteiger partial charge is 0.339 e. The molecule has 0 unspecified atom stereocenters. The summed E-state index contributed by atoms with van der Waals surface area (Å²) in [6, 6.07) is 8.49. The van der Waals surface area contributed by atoms with Gasteiger partial charge in [0.25, 0.3) is 0 Å². The van der Waals surface area contributed by atoms with E-state index in [-0.39, 0.29) is 5.97 Å². The van der Waals surface area contributed by atoms with E-state index in [9.17, 15) is 4.79 Å². The Kier molecular flexibility index (Phi) is 4.56. The number of esters is 1. The second-order valence-corrected chi connectivity index (χ2v) is 12.4. The summed E-state index contributed by atoms with van der Waals surface area (Å²) in [6.45, 7) is 8.90. The summed E-state index contributed by atoms with van der Waals surface area (Å²) in [5, 5.41) is 1.12. The fourth-order valence-electron chi connectivity index (χ4n) is 3.37. The third kappa shape index (κ3) is 3.14. The van der Waals surface area contributed by atoms with E-state index in [0.29, 0.717) is 0 Å². The molecule has 0 atom stereocenters. The number of aromatic nitrogens is 1. The summed E-state index contributed by atoms with van der Waals surface area (Å²) in [7, 11) is -0.375. The summed E-state index contributed by atoms with van der Waals surface area (Å²) in [4.78, 5) is 12.7. The first-order valence-corrected chi connectivity index (χ1v) is 12.1. The molecular weight excluding hydrogens is 326 g/mol. The van der Waals surface area contributed by atoms with E-state index in [1.165, 1.54) is 12.7 Å². The molecule has 0 radical (unpaired) electrons. The monoisotopic (exact) mass is 351 g/mol. The number of carbonyl (C=O) groups excluding carboxylic acids is 1. The van der Waals surface area contributed by atoms with E-state index in [1.807, 2.05) is 0 Å². The zero-order valence-corrected chi connectivity index (χ0v) is 16.6. The number of rotatable bonds is 3. The first-order valence-electron chi connectivity index (χ1n) is 8.62. The van der Waals surface area contributed by atoms with E-state index in [0.717, 1.165) is 34.2 Å². The number of hydrogen-bond donors (Lipinski definition) is 0. The summed E-state index contributed by atoms with van der Waals surface area (Å²) < 4.78 is 7.42. The number of carbonyl (C=O) groups is 1. The average Bonchev–Trinajstić information content (AvgIpc) is 2.72. The largest absolute Gasteiger partial charge is 0.465 e. The normalized spacial score (nSPS) is 13.5. The van der Waals surface area contributed by atoms with Gasteiger partial charge in [-0.2, -0.15) is 0 Å². The highest BCUT2D eigenvalue weighted by Gasteiger charge is 2.34. The molecule has 3 rings (SSSR count). The molecule has 0 aliphatic heterocycles. The van der Waals surface area contributed by atoms with Gasteiger partial charge in [0.15, 0.2) is 0 Å². The van der Waals surface area contributed by atoms with Crippen LogP contribution in [0.1, 0.15) is 33.6 Å². The SMILES string of the molecule is COC(=O)c1c2c(n(-c3ccc(C)cc3)c1[Si](C)(C)C)C=CCC=C2. The van der Waals surface area contributed by atoms with Crippen molar-refractivity contribution in [1.29, 1.82) is 0 Å². The number of benzene rings is 1. The molecule has 25 heavy (non-hydrogen) atoms. The van der Waals surface area contributed by atoms with Gasteiger partial charge < -0.3 is 9.30 Å². The molecule has 130 valence electrons. The van der Waals surface area contributed by atoms with E-state index >= 15 is 0 Å². The number of aryl methyl sites for hydroxylation is 1. The Balaban J connectivity index is 2.44. The van der Waals surface area contributed by atoms with Gasteiger partial charge in [-0.25, -0.2) is 4.79 Å². The van der Waals surface area contributed by atoms with E-state index in [2.05, 4.69) is 79.7 Å². The second-order valence-electron chi connectivity index (χ2n) is 7.48. The van der Waals surface area contributed by atoms with Crippen LogP contribution in [0, 0.1) is 6.92 Å². The van der Waals surface area contributed by atoms with Crippen molar-refractivity contribution in [3.8, 4) is 5.69 Å². The standard InChI is InChI=1S/C21H25NO2Si/c1-15-11-13-16(14-12-15)22-18-10-8-6-7-9-17(18)19(21(23)24-2)20(22)25(3,4)5/h7-14H,6H2,1-5H3. The molecule has 0 fully saturated rings. The molecule has 0 bridgehead atoms. The van der Waals surface area contributed by atoms with E-state index < -0.39 is 8.07 Å². The van der Waals surface area contributed by atoms with Gasteiger partial charge in [0, 0.05) is 16.6 Å². The maximum Gasteiger partial charge on any atom is 0.339 e. The number of allylic oxidation sites excluding steroid dienone is 2. The second kappa shape index (κ2) is 6.52. The maximum atomic E-state index is 12.7. The number of hydrogen-bond acceptors (Lipinski definition) is 2. The number of methoxy groups -OCH3 is 1. The van der Waals surface area contributed by atoms with Crippen molar-refractivity contribution in [2.45, 2.75) is 33.0 Å². The van der Waals surface area contributed by atoms with Crippen LogP contribution >= 0.6 is 0 Å². The van der Waals surface area contributed by atoms with Crippen LogP contribution in [0.3, 0.4) is 0 Å². The predicted molar refractivity (Wildman–Crippen MR) is 108 cm³/mol. The molecule has 0 amide bonds. The van der Waals surface area contributed by atoms with Crippen molar-refractivity contribution < 1.29 is 9.53 Å². The van der Waals surface area contributed by atoms with Crippen molar-refractivity contribution in [2.24, 2.45) is 0 Å². The molecule has 0 spiro atoms. The summed E-state index contributed by atoms with van der Waals surface area (Å²) >= 11 is 0. The number of ether oxygens (including phenoxy) is 1. The van der Waals surface area contributed by atoms with Gasteiger partial charge in [-0.05, 0) is 31.6 Å². The molecule has 2 aromatic rings. The Hall–Kier alpha value is -2.33. The quantitative estimate of drug-likeness (QED) is 0.600. The molecule has 1 aromatic carbocycles. The molecule has 1 aliphatic carbocycles. The van der Waals surface area contributed by atoms with Gasteiger partial charge in [0.1, 0.15) is 8.07 Å². The van der Waals surface area contributed by atoms with Crippen LogP contribution < -0.4 is 5.32 Å². The van der Waals surface area contributed by atoms with Crippen molar-refractivity contribution in [2.75, 3.05) is 7.11 Å². The van der Waals surface area contributed by atoms with Crippen LogP contribution in [-0.4, -0.2) is 25.7 Å². The van der Waals surface area contributed by atoms with Gasteiger partial charge in [0.05, 0.1) is 18.4 Å². The summed E-state index contributed by atoms with van der Waals surface area (Å²) in [5.41, 5.74) is 5.07. The Morgan fingerprint density at radius 1 is 1.08 bits per heavy atom. The maximum absolute atomic E-state index is 12.7. The summed E-state index contributed by atoms with van der Waals surface area (Å²) in [6.07, 6.45) is 9.30. The molecule has 0 saturated carbocycles. The fourth-order valence-corrected chi connectivity index (χ4v) is 5.27. The Morgan fingerprint density at radius 3 is 2.32 bits per heavy atom.